The number of aromatic amines is 1. The zero-order chi connectivity index (χ0) is 17.7. The Morgan fingerprint density at radius 3 is 2.92 bits per heavy atom. The van der Waals surface area contributed by atoms with E-state index < -0.39 is 6.61 Å². The van der Waals surface area contributed by atoms with Crippen molar-refractivity contribution in [2.24, 2.45) is 7.05 Å². The number of aryl methyl sites for hydroxylation is 1. The van der Waals surface area contributed by atoms with E-state index >= 15 is 0 Å². The topological polar surface area (TPSA) is 87.0 Å². The van der Waals surface area contributed by atoms with Crippen LogP contribution in [0.15, 0.2) is 12.4 Å². The summed E-state index contributed by atoms with van der Waals surface area (Å²) in [6.45, 7) is 0.430. The Morgan fingerprint density at radius 1 is 1.44 bits per heavy atom. The summed E-state index contributed by atoms with van der Waals surface area (Å²) in [6, 6.07) is 0. The third kappa shape index (κ3) is 2.59. The number of amides is 1. The number of rotatable bonds is 2. The highest BCUT2D eigenvalue weighted by Crippen LogP contribution is 2.40. The number of aliphatic hydroxyl groups excluding tert-OH is 1. The lowest BCUT2D eigenvalue weighted by Gasteiger charge is -2.26. The van der Waals surface area contributed by atoms with Crippen LogP contribution in [0.1, 0.15) is 11.3 Å². The highest BCUT2D eigenvalue weighted by molar-refractivity contribution is 6.44. The Morgan fingerprint density at radius 2 is 2.24 bits per heavy atom. The van der Waals surface area contributed by atoms with E-state index in [1.165, 1.54) is 0 Å². The van der Waals surface area contributed by atoms with Gasteiger partial charge < -0.3 is 15.0 Å². The zero-order valence-electron chi connectivity index (χ0n) is 13.4. The van der Waals surface area contributed by atoms with Gasteiger partial charge >= 0.3 is 0 Å². The van der Waals surface area contributed by atoms with Gasteiger partial charge in [-0.05, 0) is 0 Å². The minimum Gasteiger partial charge on any atom is -0.387 e. The van der Waals surface area contributed by atoms with Gasteiger partial charge in [0.15, 0.2) is 5.15 Å². The van der Waals surface area contributed by atoms with Crippen molar-refractivity contribution in [2.75, 3.05) is 13.2 Å². The molecule has 0 atom stereocenters. The standard InChI is InChI=1S/C16H15Cl2N5O2/c1-22-5-8(4-19-22)14-12-9-6-23(11(25)7-24)3-2-10(9)20-15(12)13(17)16(18)21-14/h4-5,20,24H,2-3,6-7H2,1H3. The van der Waals surface area contributed by atoms with Crippen molar-refractivity contribution in [1.29, 1.82) is 0 Å². The number of carbonyl (C=O) groups excluding carboxylic acids is 1. The van der Waals surface area contributed by atoms with Gasteiger partial charge in [0.05, 0.1) is 17.4 Å². The number of aliphatic hydroxyl groups is 1. The van der Waals surface area contributed by atoms with Gasteiger partial charge in [-0.15, -0.1) is 0 Å². The Bertz CT molecular complexity index is 994. The second kappa shape index (κ2) is 6.01. The molecule has 1 aliphatic rings. The molecule has 4 heterocycles. The number of hydrogen-bond donors (Lipinski definition) is 2. The monoisotopic (exact) mass is 379 g/mol. The van der Waals surface area contributed by atoms with Gasteiger partial charge in [-0.2, -0.15) is 5.10 Å². The third-order valence-electron chi connectivity index (χ3n) is 4.49. The molecule has 0 radical (unpaired) electrons. The van der Waals surface area contributed by atoms with Crippen molar-refractivity contribution >= 4 is 40.0 Å². The van der Waals surface area contributed by atoms with Gasteiger partial charge in [-0.25, -0.2) is 4.98 Å². The Balaban J connectivity index is 1.96. The number of fused-ring (bicyclic) bond motifs is 3. The summed E-state index contributed by atoms with van der Waals surface area (Å²) in [5.74, 6) is -0.295. The molecule has 0 spiro atoms. The van der Waals surface area contributed by atoms with Gasteiger partial charge in [0.2, 0.25) is 5.91 Å². The summed E-state index contributed by atoms with van der Waals surface area (Å²) in [5, 5.41) is 14.8. The number of aromatic nitrogens is 4. The summed E-state index contributed by atoms with van der Waals surface area (Å²) < 4.78 is 1.69. The second-order valence-corrected chi connectivity index (χ2v) is 6.76. The fraction of sp³-hybridized carbons (Fsp3) is 0.312. The van der Waals surface area contributed by atoms with Crippen LogP contribution in [0, 0.1) is 0 Å². The van der Waals surface area contributed by atoms with Crippen LogP contribution in [-0.2, 0) is 24.8 Å². The number of pyridine rings is 1. The summed E-state index contributed by atoms with van der Waals surface area (Å²) in [5.41, 5.74) is 4.16. The quantitative estimate of drug-likeness (QED) is 0.667. The van der Waals surface area contributed by atoms with Crippen molar-refractivity contribution in [2.45, 2.75) is 13.0 Å². The smallest absolute Gasteiger partial charge is 0.248 e. The molecule has 3 aromatic rings. The van der Waals surface area contributed by atoms with Crippen LogP contribution in [0.3, 0.4) is 0 Å². The molecule has 1 amide bonds. The molecule has 4 rings (SSSR count). The lowest BCUT2D eigenvalue weighted by Crippen LogP contribution is -2.37. The van der Waals surface area contributed by atoms with Crippen LogP contribution in [0.2, 0.25) is 10.2 Å². The summed E-state index contributed by atoms with van der Waals surface area (Å²) in [4.78, 5) is 21.3. The van der Waals surface area contributed by atoms with E-state index in [1.807, 2.05) is 13.2 Å². The van der Waals surface area contributed by atoms with Crippen LogP contribution >= 0.6 is 23.2 Å². The van der Waals surface area contributed by atoms with E-state index in [1.54, 1.807) is 15.8 Å². The first-order valence-corrected chi connectivity index (χ1v) is 8.51. The van der Waals surface area contributed by atoms with Crippen LogP contribution in [0.5, 0.6) is 0 Å². The average Bonchev–Trinajstić information content (AvgIpc) is 3.20. The summed E-state index contributed by atoms with van der Waals surface area (Å²) in [6.07, 6.45) is 4.21. The normalized spacial score (nSPS) is 14.2. The molecule has 25 heavy (non-hydrogen) atoms. The molecule has 0 aromatic carbocycles. The van der Waals surface area contributed by atoms with Crippen molar-refractivity contribution in [1.82, 2.24) is 24.6 Å². The molecule has 1 aliphatic heterocycles. The van der Waals surface area contributed by atoms with Gasteiger partial charge in [-0.3, -0.25) is 9.48 Å². The maximum absolute atomic E-state index is 11.9. The minimum atomic E-state index is -0.502. The van der Waals surface area contributed by atoms with Crippen molar-refractivity contribution in [3.05, 3.63) is 33.8 Å². The summed E-state index contributed by atoms with van der Waals surface area (Å²) >= 11 is 12.6. The Hall–Kier alpha value is -2.09. The number of nitrogens with one attached hydrogen (secondary N) is 1. The van der Waals surface area contributed by atoms with Gasteiger partial charge in [0.25, 0.3) is 0 Å². The van der Waals surface area contributed by atoms with E-state index in [2.05, 4.69) is 15.1 Å². The molecule has 3 aromatic heterocycles. The largest absolute Gasteiger partial charge is 0.387 e. The lowest BCUT2D eigenvalue weighted by atomic mass is 10.0. The first-order valence-electron chi connectivity index (χ1n) is 7.75. The number of nitrogens with zero attached hydrogens (tertiary/aromatic N) is 4. The molecular formula is C16H15Cl2N5O2. The fourth-order valence-corrected chi connectivity index (χ4v) is 3.66. The third-order valence-corrected chi connectivity index (χ3v) is 5.22. The molecule has 9 heteroatoms. The van der Waals surface area contributed by atoms with Crippen molar-refractivity contribution in [3.63, 3.8) is 0 Å². The fourth-order valence-electron chi connectivity index (χ4n) is 3.29. The predicted octanol–water partition coefficient (Wildman–Crippen LogP) is 2.15. The molecule has 7 nitrogen and oxygen atoms in total. The van der Waals surface area contributed by atoms with Crippen molar-refractivity contribution < 1.29 is 9.90 Å². The number of halogens is 2. The average molecular weight is 380 g/mol. The van der Waals surface area contributed by atoms with E-state index in [0.29, 0.717) is 35.7 Å². The van der Waals surface area contributed by atoms with Crippen LogP contribution in [0.4, 0.5) is 0 Å². The maximum atomic E-state index is 11.9. The molecule has 0 unspecified atom stereocenters. The maximum Gasteiger partial charge on any atom is 0.248 e. The molecule has 2 N–H and O–H groups in total. The van der Waals surface area contributed by atoms with E-state index in [0.717, 1.165) is 22.2 Å². The zero-order valence-corrected chi connectivity index (χ0v) is 14.9. The Labute approximate surface area is 153 Å². The minimum absolute atomic E-state index is 0.218. The molecule has 130 valence electrons. The van der Waals surface area contributed by atoms with Gasteiger partial charge in [0.1, 0.15) is 11.6 Å². The van der Waals surface area contributed by atoms with Crippen LogP contribution in [0.25, 0.3) is 22.2 Å². The van der Waals surface area contributed by atoms with Gasteiger partial charge in [0, 0.05) is 55.0 Å². The molecule has 0 saturated carbocycles. The number of carbonyl (C=O) groups is 1. The molecular weight excluding hydrogens is 365 g/mol. The number of hydrogen-bond acceptors (Lipinski definition) is 4. The highest BCUT2D eigenvalue weighted by atomic mass is 35.5. The number of H-pyrrole nitrogens is 1. The highest BCUT2D eigenvalue weighted by Gasteiger charge is 2.27. The molecule has 0 fully saturated rings. The predicted molar refractivity (Wildman–Crippen MR) is 94.5 cm³/mol. The van der Waals surface area contributed by atoms with E-state index in [-0.39, 0.29) is 11.1 Å². The first kappa shape index (κ1) is 16.4. The first-order chi connectivity index (χ1) is 12.0. The van der Waals surface area contributed by atoms with Crippen LogP contribution < -0.4 is 0 Å². The molecule has 0 bridgehead atoms. The second-order valence-electron chi connectivity index (χ2n) is 6.02. The van der Waals surface area contributed by atoms with Gasteiger partial charge in [-0.1, -0.05) is 23.2 Å². The SMILES string of the molecule is Cn1cc(-c2nc(Cl)c(Cl)c3[nH]c4c(c23)CN(C(=O)CO)CC4)cn1. The van der Waals surface area contributed by atoms with E-state index in [9.17, 15) is 4.79 Å². The molecule has 0 saturated heterocycles. The molecule has 0 aliphatic carbocycles. The summed E-state index contributed by atoms with van der Waals surface area (Å²) in [7, 11) is 1.83. The Kier molecular flexibility index (Phi) is 3.94. The van der Waals surface area contributed by atoms with Crippen LogP contribution in [-0.4, -0.2) is 48.8 Å². The van der Waals surface area contributed by atoms with E-state index in [4.69, 9.17) is 28.3 Å². The van der Waals surface area contributed by atoms with Crippen molar-refractivity contribution in [3.8, 4) is 11.3 Å². The lowest BCUT2D eigenvalue weighted by molar-refractivity contribution is -0.135.